The van der Waals surface area contributed by atoms with E-state index in [4.69, 9.17) is 11.0 Å². The molecule has 0 aliphatic heterocycles. The van der Waals surface area contributed by atoms with Crippen LogP contribution in [-0.2, 0) is 0 Å². The number of nitrogens with zero attached hydrogens (tertiary/aromatic N) is 1. The van der Waals surface area contributed by atoms with Crippen molar-refractivity contribution in [2.75, 3.05) is 0 Å². The molecule has 1 aromatic rings. The van der Waals surface area contributed by atoms with E-state index in [1.54, 1.807) is 0 Å². The van der Waals surface area contributed by atoms with E-state index in [-0.39, 0.29) is 0 Å². The highest BCUT2D eigenvalue weighted by Crippen LogP contribution is 2.17. The van der Waals surface area contributed by atoms with Crippen molar-refractivity contribution in [2.45, 2.75) is 6.92 Å². The van der Waals surface area contributed by atoms with Gasteiger partial charge in [-0.1, -0.05) is 29.8 Å². The largest absolute Gasteiger partial charge is 0.397 e. The fourth-order valence-corrected chi connectivity index (χ4v) is 1.15. The maximum Gasteiger partial charge on any atom is 0.118 e. The van der Waals surface area contributed by atoms with Crippen molar-refractivity contribution in [2.24, 2.45) is 5.73 Å². The number of hydrogen-bond donors (Lipinski definition) is 1. The average molecular weight is 237 g/mol. The minimum atomic E-state index is 0.372. The number of benzene rings is 1. The van der Waals surface area contributed by atoms with Crippen LogP contribution in [0.15, 0.2) is 28.7 Å². The second kappa shape index (κ2) is 4.11. The molecular weight excluding hydrogens is 228 g/mol. The molecule has 0 aromatic heterocycles. The first-order valence-electron chi connectivity index (χ1n) is 3.77. The molecule has 0 atom stereocenters. The molecule has 66 valence electrons. The first kappa shape index (κ1) is 9.82. The lowest BCUT2D eigenvalue weighted by atomic mass is 10.1. The number of nitriles is 1. The predicted molar refractivity (Wildman–Crippen MR) is 56.8 cm³/mol. The van der Waals surface area contributed by atoms with Gasteiger partial charge in [-0.05, 0) is 28.4 Å². The molecule has 0 aliphatic rings. The Bertz CT molecular complexity index is 371. The molecule has 1 rings (SSSR count). The number of rotatable bonds is 1. The van der Waals surface area contributed by atoms with Crippen LogP contribution < -0.4 is 5.73 Å². The number of nitrogens with two attached hydrogens (primary N) is 1. The van der Waals surface area contributed by atoms with Crippen molar-refractivity contribution >= 4 is 21.6 Å². The predicted octanol–water partition coefficient (Wildman–Crippen LogP) is 2.54. The fraction of sp³-hybridized carbons (Fsp3) is 0.100. The minimum Gasteiger partial charge on any atom is -0.397 e. The number of aryl methyl sites for hydroxylation is 1. The molecule has 0 fully saturated rings. The van der Waals surface area contributed by atoms with Crippen LogP contribution in [0.25, 0.3) is 5.70 Å². The Morgan fingerprint density at radius 2 is 1.92 bits per heavy atom. The second-order valence-electron chi connectivity index (χ2n) is 2.71. The zero-order valence-electron chi connectivity index (χ0n) is 7.21. The third-order valence-corrected chi connectivity index (χ3v) is 2.30. The van der Waals surface area contributed by atoms with Gasteiger partial charge in [0.05, 0.1) is 5.70 Å². The maximum absolute atomic E-state index is 8.59. The van der Waals surface area contributed by atoms with Gasteiger partial charge < -0.3 is 5.73 Å². The number of hydrogen-bond acceptors (Lipinski definition) is 2. The van der Waals surface area contributed by atoms with Crippen LogP contribution in [0.2, 0.25) is 0 Å². The van der Waals surface area contributed by atoms with Gasteiger partial charge in [0, 0.05) is 0 Å². The third-order valence-electron chi connectivity index (χ3n) is 1.70. The van der Waals surface area contributed by atoms with E-state index in [0.717, 1.165) is 5.56 Å². The molecule has 0 heterocycles. The summed E-state index contributed by atoms with van der Waals surface area (Å²) in [5.41, 5.74) is 8.22. The molecule has 0 unspecified atom stereocenters. The van der Waals surface area contributed by atoms with Crippen LogP contribution in [0.3, 0.4) is 0 Å². The topological polar surface area (TPSA) is 49.8 Å². The fourth-order valence-electron chi connectivity index (χ4n) is 0.920. The van der Waals surface area contributed by atoms with E-state index in [1.807, 2.05) is 37.3 Å². The van der Waals surface area contributed by atoms with Gasteiger partial charge in [-0.3, -0.25) is 0 Å². The van der Waals surface area contributed by atoms with Crippen molar-refractivity contribution in [3.8, 4) is 6.07 Å². The normalized spacial score (nSPS) is 11.8. The maximum atomic E-state index is 8.59. The highest BCUT2D eigenvalue weighted by Gasteiger charge is 2.01. The Hall–Kier alpha value is -1.27. The second-order valence-corrected chi connectivity index (χ2v) is 3.50. The molecule has 0 spiro atoms. The molecule has 0 saturated heterocycles. The van der Waals surface area contributed by atoms with Crippen LogP contribution >= 0.6 is 15.9 Å². The molecule has 1 aromatic carbocycles. The summed E-state index contributed by atoms with van der Waals surface area (Å²) in [7, 11) is 0. The molecule has 0 radical (unpaired) electrons. The average Bonchev–Trinajstić information content (AvgIpc) is 2.17. The Kier molecular flexibility index (Phi) is 3.10. The van der Waals surface area contributed by atoms with Gasteiger partial charge in [0.1, 0.15) is 10.6 Å². The van der Waals surface area contributed by atoms with E-state index in [0.29, 0.717) is 10.2 Å². The molecule has 3 heteroatoms. The summed E-state index contributed by atoms with van der Waals surface area (Å²) in [6.07, 6.45) is 0. The summed E-state index contributed by atoms with van der Waals surface area (Å²) in [5.74, 6) is 0. The van der Waals surface area contributed by atoms with E-state index < -0.39 is 0 Å². The zero-order valence-corrected chi connectivity index (χ0v) is 8.80. The first-order chi connectivity index (χ1) is 6.15. The lowest BCUT2D eigenvalue weighted by Crippen LogP contribution is -1.97. The third kappa shape index (κ3) is 2.33. The summed E-state index contributed by atoms with van der Waals surface area (Å²) in [6, 6.07) is 9.65. The van der Waals surface area contributed by atoms with E-state index in [9.17, 15) is 0 Å². The van der Waals surface area contributed by atoms with Crippen molar-refractivity contribution in [3.05, 3.63) is 39.9 Å². The van der Waals surface area contributed by atoms with Crippen LogP contribution in [-0.4, -0.2) is 0 Å². The number of halogens is 1. The van der Waals surface area contributed by atoms with Crippen molar-refractivity contribution < 1.29 is 0 Å². The summed E-state index contributed by atoms with van der Waals surface area (Å²) in [6.45, 7) is 2.00. The quantitative estimate of drug-likeness (QED) is 0.763. The molecule has 13 heavy (non-hydrogen) atoms. The van der Waals surface area contributed by atoms with Gasteiger partial charge in [0.2, 0.25) is 0 Å². The van der Waals surface area contributed by atoms with Gasteiger partial charge in [0.25, 0.3) is 0 Å². The van der Waals surface area contributed by atoms with Crippen LogP contribution in [0, 0.1) is 18.3 Å². The van der Waals surface area contributed by atoms with E-state index in [1.165, 1.54) is 5.56 Å². The lowest BCUT2D eigenvalue weighted by Gasteiger charge is -2.01. The smallest absolute Gasteiger partial charge is 0.118 e. The van der Waals surface area contributed by atoms with Crippen molar-refractivity contribution in [3.63, 3.8) is 0 Å². The van der Waals surface area contributed by atoms with Gasteiger partial charge >= 0.3 is 0 Å². The van der Waals surface area contributed by atoms with Gasteiger partial charge in [-0.15, -0.1) is 0 Å². The zero-order chi connectivity index (χ0) is 9.84. The number of allylic oxidation sites excluding steroid dienone is 1. The highest BCUT2D eigenvalue weighted by atomic mass is 79.9. The van der Waals surface area contributed by atoms with Gasteiger partial charge in [-0.2, -0.15) is 5.26 Å². The Morgan fingerprint density at radius 1 is 1.38 bits per heavy atom. The van der Waals surface area contributed by atoms with Crippen LogP contribution in [0.5, 0.6) is 0 Å². The van der Waals surface area contributed by atoms with E-state index in [2.05, 4.69) is 15.9 Å². The molecule has 2 nitrogen and oxygen atoms in total. The van der Waals surface area contributed by atoms with Crippen LogP contribution in [0.1, 0.15) is 11.1 Å². The summed E-state index contributed by atoms with van der Waals surface area (Å²) >= 11 is 3.09. The molecule has 0 aliphatic carbocycles. The molecule has 0 bridgehead atoms. The summed E-state index contributed by atoms with van der Waals surface area (Å²) in [5, 5.41) is 8.59. The Morgan fingerprint density at radius 3 is 2.38 bits per heavy atom. The lowest BCUT2D eigenvalue weighted by molar-refractivity contribution is 1.43. The van der Waals surface area contributed by atoms with Gasteiger partial charge in [-0.25, -0.2) is 0 Å². The molecule has 0 saturated carbocycles. The van der Waals surface area contributed by atoms with Gasteiger partial charge in [0.15, 0.2) is 0 Å². The summed E-state index contributed by atoms with van der Waals surface area (Å²) < 4.78 is 0.372. The Balaban J connectivity index is 3.12. The summed E-state index contributed by atoms with van der Waals surface area (Å²) in [4.78, 5) is 0. The SMILES string of the molecule is Cc1ccc(/C(N)=C(/Br)C#N)cc1. The van der Waals surface area contributed by atoms with Crippen LogP contribution in [0.4, 0.5) is 0 Å². The first-order valence-corrected chi connectivity index (χ1v) is 4.57. The van der Waals surface area contributed by atoms with Crippen molar-refractivity contribution in [1.82, 2.24) is 0 Å². The standard InChI is InChI=1S/C10H9BrN2/c1-7-2-4-8(5-3-7)10(13)9(11)6-12/h2-5H,13H2,1H3/b10-9-. The molecular formula is C10H9BrN2. The molecule has 0 amide bonds. The Labute approximate surface area is 85.8 Å². The van der Waals surface area contributed by atoms with E-state index >= 15 is 0 Å². The highest BCUT2D eigenvalue weighted by molar-refractivity contribution is 9.12. The van der Waals surface area contributed by atoms with Crippen molar-refractivity contribution in [1.29, 1.82) is 5.26 Å². The molecule has 2 N–H and O–H groups in total. The minimum absolute atomic E-state index is 0.372. The monoisotopic (exact) mass is 236 g/mol.